The number of hydrogen-bond donors (Lipinski definition) is 1. The smallest absolute Gasteiger partial charge is 0.225 e. The van der Waals surface area contributed by atoms with E-state index in [-0.39, 0.29) is 24.0 Å². The number of carbonyl (C=O) groups is 1. The van der Waals surface area contributed by atoms with Gasteiger partial charge in [0.05, 0.1) is 18.1 Å². The first kappa shape index (κ1) is 13.9. The summed E-state index contributed by atoms with van der Waals surface area (Å²) in [4.78, 5) is 14.2. The number of nitrogens with one attached hydrogen (secondary N) is 1. The Morgan fingerprint density at radius 3 is 2.85 bits per heavy atom. The van der Waals surface area contributed by atoms with Crippen molar-refractivity contribution in [2.24, 2.45) is 5.92 Å². The van der Waals surface area contributed by atoms with Crippen molar-refractivity contribution in [1.29, 1.82) is 0 Å². The lowest BCUT2D eigenvalue weighted by Crippen LogP contribution is -2.44. The molecule has 4 nitrogen and oxygen atoms in total. The molecule has 1 amide bonds. The number of carbonyl (C=O) groups excluding carboxylic acids is 1. The van der Waals surface area contributed by atoms with Crippen LogP contribution in [-0.4, -0.2) is 43.2 Å². The molecule has 0 unspecified atom stereocenters. The number of likely N-dealkylation sites (tertiary alicyclic amines) is 1. The molecule has 5 heteroatoms. The van der Waals surface area contributed by atoms with E-state index in [1.807, 2.05) is 12.1 Å². The summed E-state index contributed by atoms with van der Waals surface area (Å²) in [6, 6.07) is 7.93. The molecular weight excluding hydrogens is 276 g/mol. The van der Waals surface area contributed by atoms with Crippen LogP contribution in [0, 0.1) is 5.92 Å². The summed E-state index contributed by atoms with van der Waals surface area (Å²) in [5.74, 6) is 0.103. The highest BCUT2D eigenvalue weighted by atomic mass is 35.5. The van der Waals surface area contributed by atoms with E-state index >= 15 is 0 Å². The van der Waals surface area contributed by atoms with Crippen LogP contribution in [0.2, 0.25) is 5.02 Å². The van der Waals surface area contributed by atoms with Crippen LogP contribution in [0.15, 0.2) is 24.3 Å². The third kappa shape index (κ3) is 2.82. The fraction of sp³-hybridized carbons (Fsp3) is 0.533. The number of amides is 1. The Bertz CT molecular complexity index is 491. The van der Waals surface area contributed by atoms with E-state index in [1.165, 1.54) is 5.56 Å². The van der Waals surface area contributed by atoms with Crippen molar-refractivity contribution in [2.45, 2.75) is 25.2 Å². The standard InChI is InChI=1S/C15H19ClN2O2/c1-17-15(19)13-6-12-8-18(9-14(13)20-12)7-10-2-4-11(16)5-3-10/h2-5,12-14H,6-9H2,1H3,(H,17,19)/t12-,13+,14-/m1/s1. The molecule has 0 aromatic heterocycles. The normalized spacial score (nSPS) is 29.4. The first-order chi connectivity index (χ1) is 9.65. The fourth-order valence-corrected chi connectivity index (χ4v) is 3.30. The number of ether oxygens (including phenoxy) is 1. The van der Waals surface area contributed by atoms with Crippen LogP contribution in [0.25, 0.3) is 0 Å². The molecule has 1 N–H and O–H groups in total. The number of halogens is 1. The molecule has 20 heavy (non-hydrogen) atoms. The molecule has 0 saturated carbocycles. The van der Waals surface area contributed by atoms with Crippen LogP contribution in [-0.2, 0) is 16.1 Å². The van der Waals surface area contributed by atoms with E-state index < -0.39 is 0 Å². The molecule has 2 fully saturated rings. The molecule has 0 spiro atoms. The van der Waals surface area contributed by atoms with Gasteiger partial charge in [-0.15, -0.1) is 0 Å². The maximum Gasteiger partial charge on any atom is 0.225 e. The first-order valence-corrected chi connectivity index (χ1v) is 7.37. The Hall–Kier alpha value is -1.10. The molecule has 2 saturated heterocycles. The van der Waals surface area contributed by atoms with Crippen LogP contribution in [0.3, 0.4) is 0 Å². The summed E-state index contributed by atoms with van der Waals surface area (Å²) in [5, 5.41) is 3.50. The van der Waals surface area contributed by atoms with E-state index in [4.69, 9.17) is 16.3 Å². The number of benzene rings is 1. The quantitative estimate of drug-likeness (QED) is 0.922. The number of rotatable bonds is 3. The Morgan fingerprint density at radius 1 is 1.40 bits per heavy atom. The van der Waals surface area contributed by atoms with Gasteiger partial charge in [-0.2, -0.15) is 0 Å². The Morgan fingerprint density at radius 2 is 2.15 bits per heavy atom. The highest BCUT2D eigenvalue weighted by Gasteiger charge is 2.44. The maximum absolute atomic E-state index is 11.8. The van der Waals surface area contributed by atoms with Crippen molar-refractivity contribution in [3.63, 3.8) is 0 Å². The van der Waals surface area contributed by atoms with E-state index in [2.05, 4.69) is 22.3 Å². The van der Waals surface area contributed by atoms with Crippen molar-refractivity contribution >= 4 is 17.5 Å². The van der Waals surface area contributed by atoms with Gasteiger partial charge < -0.3 is 10.1 Å². The predicted octanol–water partition coefficient (Wildman–Crippen LogP) is 1.68. The second-order valence-corrected chi connectivity index (χ2v) is 6.01. The second kappa shape index (κ2) is 5.72. The van der Waals surface area contributed by atoms with Gasteiger partial charge in [0.2, 0.25) is 5.91 Å². The van der Waals surface area contributed by atoms with E-state index in [0.717, 1.165) is 31.1 Å². The minimum atomic E-state index is 0.000202. The molecule has 108 valence electrons. The summed E-state index contributed by atoms with van der Waals surface area (Å²) >= 11 is 5.90. The molecular formula is C15H19ClN2O2. The van der Waals surface area contributed by atoms with Crippen molar-refractivity contribution in [2.75, 3.05) is 20.1 Å². The molecule has 1 aromatic rings. The zero-order valence-electron chi connectivity index (χ0n) is 11.5. The van der Waals surface area contributed by atoms with Crippen molar-refractivity contribution < 1.29 is 9.53 Å². The monoisotopic (exact) mass is 294 g/mol. The van der Waals surface area contributed by atoms with Crippen LogP contribution in [0.1, 0.15) is 12.0 Å². The molecule has 1 aromatic carbocycles. The molecule has 0 aliphatic carbocycles. The molecule has 2 bridgehead atoms. The summed E-state index contributed by atoms with van der Waals surface area (Å²) in [7, 11) is 1.69. The van der Waals surface area contributed by atoms with Gasteiger partial charge in [0.15, 0.2) is 0 Å². The summed E-state index contributed by atoms with van der Waals surface area (Å²) in [6.45, 7) is 2.60. The lowest BCUT2D eigenvalue weighted by Gasteiger charge is -2.32. The molecule has 2 heterocycles. The third-order valence-electron chi connectivity index (χ3n) is 4.14. The van der Waals surface area contributed by atoms with Crippen molar-refractivity contribution in [1.82, 2.24) is 10.2 Å². The Labute approximate surface area is 124 Å². The largest absolute Gasteiger partial charge is 0.371 e. The minimum Gasteiger partial charge on any atom is -0.371 e. The van der Waals surface area contributed by atoms with Crippen molar-refractivity contribution in [3.8, 4) is 0 Å². The molecule has 3 rings (SSSR count). The van der Waals surface area contributed by atoms with Crippen LogP contribution in [0.5, 0.6) is 0 Å². The average molecular weight is 295 g/mol. The van der Waals surface area contributed by atoms with Gasteiger partial charge in [0, 0.05) is 31.7 Å². The predicted molar refractivity (Wildman–Crippen MR) is 77.6 cm³/mol. The SMILES string of the molecule is CNC(=O)[C@H]1C[C@@H]2CN(Cc3ccc(Cl)cc3)C[C@H]1O2. The Balaban J connectivity index is 1.64. The third-order valence-corrected chi connectivity index (χ3v) is 4.39. The average Bonchev–Trinajstić information content (AvgIpc) is 2.75. The second-order valence-electron chi connectivity index (χ2n) is 5.57. The van der Waals surface area contributed by atoms with Gasteiger partial charge in [-0.25, -0.2) is 0 Å². The maximum atomic E-state index is 11.8. The summed E-state index contributed by atoms with van der Waals surface area (Å²) < 4.78 is 5.90. The molecule has 0 radical (unpaired) electrons. The van der Waals surface area contributed by atoms with Gasteiger partial charge in [0.1, 0.15) is 0 Å². The lowest BCUT2D eigenvalue weighted by atomic mass is 10.00. The first-order valence-electron chi connectivity index (χ1n) is 6.99. The molecule has 2 aliphatic heterocycles. The van der Waals surface area contributed by atoms with E-state index in [1.54, 1.807) is 7.05 Å². The zero-order chi connectivity index (χ0) is 14.1. The van der Waals surface area contributed by atoms with Crippen LogP contribution < -0.4 is 5.32 Å². The topological polar surface area (TPSA) is 41.6 Å². The van der Waals surface area contributed by atoms with Crippen LogP contribution in [0.4, 0.5) is 0 Å². The number of hydrogen-bond acceptors (Lipinski definition) is 3. The van der Waals surface area contributed by atoms with E-state index in [0.29, 0.717) is 0 Å². The number of fused-ring (bicyclic) bond motifs is 2. The summed E-state index contributed by atoms with van der Waals surface area (Å²) in [6.07, 6.45) is 1.05. The van der Waals surface area contributed by atoms with Gasteiger partial charge in [0.25, 0.3) is 0 Å². The number of nitrogens with zero attached hydrogens (tertiary/aromatic N) is 1. The van der Waals surface area contributed by atoms with Gasteiger partial charge in [-0.1, -0.05) is 23.7 Å². The van der Waals surface area contributed by atoms with Crippen molar-refractivity contribution in [3.05, 3.63) is 34.9 Å². The Kier molecular flexibility index (Phi) is 3.96. The van der Waals surface area contributed by atoms with Gasteiger partial charge >= 0.3 is 0 Å². The van der Waals surface area contributed by atoms with Gasteiger partial charge in [-0.3, -0.25) is 9.69 Å². The lowest BCUT2D eigenvalue weighted by molar-refractivity contribution is -0.127. The summed E-state index contributed by atoms with van der Waals surface area (Å²) in [5.41, 5.74) is 1.24. The molecule has 3 atom stereocenters. The fourth-order valence-electron chi connectivity index (χ4n) is 3.18. The minimum absolute atomic E-state index is 0.000202. The van der Waals surface area contributed by atoms with Gasteiger partial charge in [-0.05, 0) is 24.1 Å². The highest BCUT2D eigenvalue weighted by Crippen LogP contribution is 2.32. The highest BCUT2D eigenvalue weighted by molar-refractivity contribution is 6.30. The number of morpholine rings is 1. The zero-order valence-corrected chi connectivity index (χ0v) is 12.3. The van der Waals surface area contributed by atoms with Crippen LogP contribution >= 0.6 is 11.6 Å². The van der Waals surface area contributed by atoms with E-state index in [9.17, 15) is 4.79 Å². The molecule has 2 aliphatic rings.